The van der Waals surface area contributed by atoms with Crippen LogP contribution in [0.3, 0.4) is 0 Å². The van der Waals surface area contributed by atoms with Crippen molar-refractivity contribution in [1.82, 2.24) is 9.55 Å². The molecule has 168 valence electrons. The number of hydrogen-bond donors (Lipinski definition) is 0. The maximum absolute atomic E-state index is 14.5. The Kier molecular flexibility index (Phi) is 4.17. The smallest absolute Gasteiger partial charge is 0.299 e. The SMILES string of the molecule is O=C1N(Cc2ccccc2)c2ccccc2[C@@]12OC(c1ccccc1)=Nc1nc3ccccc3n12. The first-order chi connectivity index (χ1) is 17.3. The lowest BCUT2D eigenvalue weighted by molar-refractivity contribution is -0.137. The summed E-state index contributed by atoms with van der Waals surface area (Å²) in [6.07, 6.45) is 0. The van der Waals surface area contributed by atoms with Gasteiger partial charge in [-0.15, -0.1) is 0 Å². The highest BCUT2D eigenvalue weighted by Crippen LogP contribution is 2.49. The normalized spacial score (nSPS) is 18.3. The van der Waals surface area contributed by atoms with E-state index in [-0.39, 0.29) is 5.91 Å². The predicted octanol–water partition coefficient (Wildman–Crippen LogP) is 5.39. The van der Waals surface area contributed by atoms with Crippen molar-refractivity contribution in [3.8, 4) is 0 Å². The van der Waals surface area contributed by atoms with Crippen molar-refractivity contribution in [2.45, 2.75) is 12.3 Å². The molecule has 3 heterocycles. The Morgan fingerprint density at radius 1 is 0.771 bits per heavy atom. The number of ether oxygens (including phenoxy) is 1. The fraction of sp³-hybridized carbons (Fsp3) is 0.0690. The van der Waals surface area contributed by atoms with E-state index in [0.29, 0.717) is 18.4 Å². The number of fused-ring (bicyclic) bond motifs is 6. The molecule has 6 nitrogen and oxygen atoms in total. The first kappa shape index (κ1) is 19.7. The molecule has 0 saturated carbocycles. The lowest BCUT2D eigenvalue weighted by Crippen LogP contribution is -2.50. The molecule has 1 amide bonds. The van der Waals surface area contributed by atoms with Crippen molar-refractivity contribution in [3.63, 3.8) is 0 Å². The van der Waals surface area contributed by atoms with Crippen LogP contribution < -0.4 is 4.90 Å². The zero-order chi connectivity index (χ0) is 23.4. The van der Waals surface area contributed by atoms with Crippen molar-refractivity contribution in [2.75, 3.05) is 4.90 Å². The van der Waals surface area contributed by atoms with Crippen LogP contribution in [-0.2, 0) is 21.8 Å². The number of carbonyl (C=O) groups is 1. The van der Waals surface area contributed by atoms with Crippen molar-refractivity contribution >= 4 is 34.5 Å². The molecule has 0 saturated heterocycles. The fourth-order valence-electron chi connectivity index (χ4n) is 5.04. The first-order valence-electron chi connectivity index (χ1n) is 11.5. The Bertz CT molecular complexity index is 1620. The maximum atomic E-state index is 14.5. The van der Waals surface area contributed by atoms with Gasteiger partial charge in [0.05, 0.1) is 28.8 Å². The third-order valence-electron chi connectivity index (χ3n) is 6.60. The van der Waals surface area contributed by atoms with Gasteiger partial charge in [0.25, 0.3) is 11.6 Å². The van der Waals surface area contributed by atoms with E-state index in [0.717, 1.165) is 33.4 Å². The summed E-state index contributed by atoms with van der Waals surface area (Å²) in [5.74, 6) is 0.648. The van der Waals surface area contributed by atoms with Crippen LogP contribution in [0.1, 0.15) is 16.7 Å². The summed E-state index contributed by atoms with van der Waals surface area (Å²) in [5.41, 5.74) is 3.52. The zero-order valence-electron chi connectivity index (χ0n) is 18.7. The van der Waals surface area contributed by atoms with Gasteiger partial charge in [-0.2, -0.15) is 4.99 Å². The van der Waals surface area contributed by atoms with Crippen LogP contribution in [0.2, 0.25) is 0 Å². The lowest BCUT2D eigenvalue weighted by Gasteiger charge is -2.35. The van der Waals surface area contributed by atoms with Gasteiger partial charge in [0.15, 0.2) is 0 Å². The molecule has 0 aliphatic carbocycles. The number of rotatable bonds is 3. The van der Waals surface area contributed by atoms with Gasteiger partial charge in [-0.3, -0.25) is 9.36 Å². The van der Waals surface area contributed by atoms with Crippen LogP contribution >= 0.6 is 0 Å². The molecule has 2 aliphatic heterocycles. The summed E-state index contributed by atoms with van der Waals surface area (Å²) in [6, 6.07) is 35.2. The van der Waals surface area contributed by atoms with Crippen LogP contribution in [0.5, 0.6) is 0 Å². The molecule has 5 aromatic rings. The molecule has 0 N–H and O–H groups in total. The quantitative estimate of drug-likeness (QED) is 0.366. The van der Waals surface area contributed by atoms with E-state index >= 15 is 0 Å². The minimum atomic E-state index is -1.45. The summed E-state index contributed by atoms with van der Waals surface area (Å²) in [7, 11) is 0. The summed E-state index contributed by atoms with van der Waals surface area (Å²) >= 11 is 0. The fourth-order valence-corrected chi connectivity index (χ4v) is 5.04. The summed E-state index contributed by atoms with van der Waals surface area (Å²) in [4.78, 5) is 25.9. The number of imidazole rings is 1. The van der Waals surface area contributed by atoms with Gasteiger partial charge in [-0.05, 0) is 35.9 Å². The van der Waals surface area contributed by atoms with E-state index in [9.17, 15) is 4.79 Å². The van der Waals surface area contributed by atoms with Crippen molar-refractivity contribution < 1.29 is 9.53 Å². The second kappa shape index (κ2) is 7.40. The van der Waals surface area contributed by atoms with Crippen LogP contribution in [-0.4, -0.2) is 21.4 Å². The molecule has 35 heavy (non-hydrogen) atoms. The number of aromatic nitrogens is 2. The summed E-state index contributed by atoms with van der Waals surface area (Å²) in [5, 5.41) is 0. The van der Waals surface area contributed by atoms with Crippen LogP contribution in [0, 0.1) is 0 Å². The summed E-state index contributed by atoms with van der Waals surface area (Å²) in [6.45, 7) is 0.432. The third kappa shape index (κ3) is 2.80. The highest BCUT2D eigenvalue weighted by atomic mass is 16.5. The Morgan fingerprint density at radius 2 is 1.46 bits per heavy atom. The van der Waals surface area contributed by atoms with Crippen molar-refractivity contribution in [3.05, 3.63) is 126 Å². The molecule has 0 radical (unpaired) electrons. The Hall–Kier alpha value is -4.71. The van der Waals surface area contributed by atoms with Crippen LogP contribution in [0.4, 0.5) is 11.6 Å². The molecule has 0 bridgehead atoms. The van der Waals surface area contributed by atoms with E-state index in [1.807, 2.05) is 114 Å². The second-order valence-corrected chi connectivity index (χ2v) is 8.66. The van der Waals surface area contributed by atoms with Gasteiger partial charge in [0.1, 0.15) is 0 Å². The molecule has 1 spiro atoms. The molecule has 0 unspecified atom stereocenters. The number of nitrogens with zero attached hydrogens (tertiary/aromatic N) is 4. The van der Waals surface area contributed by atoms with E-state index in [1.165, 1.54) is 0 Å². The van der Waals surface area contributed by atoms with E-state index in [1.54, 1.807) is 4.90 Å². The maximum Gasteiger partial charge on any atom is 0.299 e. The largest absolute Gasteiger partial charge is 0.436 e. The topological polar surface area (TPSA) is 59.7 Å². The Labute approximate surface area is 201 Å². The van der Waals surface area contributed by atoms with E-state index in [4.69, 9.17) is 14.7 Å². The third-order valence-corrected chi connectivity index (χ3v) is 6.60. The van der Waals surface area contributed by atoms with Gasteiger partial charge in [0, 0.05) is 5.56 Å². The van der Waals surface area contributed by atoms with E-state index < -0.39 is 5.72 Å². The molecule has 1 atom stereocenters. The number of benzene rings is 4. The number of anilines is 1. The van der Waals surface area contributed by atoms with Crippen molar-refractivity contribution in [2.24, 2.45) is 4.99 Å². The molecule has 0 fully saturated rings. The predicted molar refractivity (Wildman–Crippen MR) is 135 cm³/mol. The Balaban J connectivity index is 1.50. The number of carbonyl (C=O) groups excluding carboxylic acids is 1. The number of para-hydroxylation sites is 3. The molecule has 2 aliphatic rings. The first-order valence-corrected chi connectivity index (χ1v) is 11.5. The number of aliphatic imine (C=N–C) groups is 1. The Morgan fingerprint density at radius 3 is 2.29 bits per heavy atom. The minimum Gasteiger partial charge on any atom is -0.436 e. The highest BCUT2D eigenvalue weighted by molar-refractivity contribution is 6.11. The van der Waals surface area contributed by atoms with Crippen LogP contribution in [0.15, 0.2) is 114 Å². The van der Waals surface area contributed by atoms with Gasteiger partial charge in [-0.25, -0.2) is 4.98 Å². The van der Waals surface area contributed by atoms with Gasteiger partial charge in [-0.1, -0.05) is 78.9 Å². The average Bonchev–Trinajstić information content (AvgIpc) is 3.40. The average molecular weight is 457 g/mol. The zero-order valence-corrected chi connectivity index (χ0v) is 18.7. The van der Waals surface area contributed by atoms with Gasteiger partial charge < -0.3 is 9.64 Å². The minimum absolute atomic E-state index is 0.171. The van der Waals surface area contributed by atoms with Crippen LogP contribution in [0.25, 0.3) is 11.0 Å². The standard InChI is InChI=1S/C29H20N4O2/c34-27-29(22-15-7-9-17-24(22)32(27)19-20-11-3-1-4-12-20)33-25-18-10-8-16-23(25)30-28(33)31-26(35-29)21-13-5-2-6-14-21/h1-18H,19H2/t29-/m1/s1. The number of amides is 1. The van der Waals surface area contributed by atoms with Gasteiger partial charge in [0.2, 0.25) is 11.8 Å². The molecule has 4 aromatic carbocycles. The summed E-state index contributed by atoms with van der Waals surface area (Å²) < 4.78 is 8.55. The highest BCUT2D eigenvalue weighted by Gasteiger charge is 2.58. The van der Waals surface area contributed by atoms with Gasteiger partial charge >= 0.3 is 0 Å². The molecule has 7 rings (SSSR count). The molecular formula is C29H20N4O2. The van der Waals surface area contributed by atoms with E-state index in [2.05, 4.69) is 0 Å². The molecular weight excluding hydrogens is 436 g/mol. The monoisotopic (exact) mass is 456 g/mol. The lowest BCUT2D eigenvalue weighted by atomic mass is 10.0. The molecule has 1 aromatic heterocycles. The molecule has 6 heteroatoms. The second-order valence-electron chi connectivity index (χ2n) is 8.66. The van der Waals surface area contributed by atoms with Crippen molar-refractivity contribution in [1.29, 1.82) is 0 Å². The number of hydrogen-bond acceptors (Lipinski definition) is 4.